The van der Waals surface area contributed by atoms with Gasteiger partial charge in [0, 0.05) is 38.3 Å². The summed E-state index contributed by atoms with van der Waals surface area (Å²) in [6.07, 6.45) is -7.95. The molecule has 3 aromatic heterocycles. The lowest BCUT2D eigenvalue weighted by Crippen LogP contribution is -2.60. The Morgan fingerprint density at radius 2 is 0.947 bits per heavy atom. The predicted molar refractivity (Wildman–Crippen MR) is 347 cm³/mol. The van der Waals surface area contributed by atoms with E-state index in [1.54, 1.807) is 24.5 Å². The molecule has 95 heavy (non-hydrogen) atoms. The maximum Gasteiger partial charge on any atom is 0.407 e. The summed E-state index contributed by atoms with van der Waals surface area (Å²) in [6.45, 7) is 3.18. The van der Waals surface area contributed by atoms with Crippen LogP contribution in [0.4, 0.5) is 10.7 Å². The van der Waals surface area contributed by atoms with Crippen LogP contribution in [0.3, 0.4) is 0 Å². The molecule has 1 unspecified atom stereocenters. The van der Waals surface area contributed by atoms with E-state index < -0.39 is 80.7 Å². The van der Waals surface area contributed by atoms with Gasteiger partial charge in [-0.15, -0.1) is 16.8 Å². The molecule has 35 heteroatoms. The molecule has 5 heterocycles. The van der Waals surface area contributed by atoms with Crippen molar-refractivity contribution in [2.75, 3.05) is 144 Å². The van der Waals surface area contributed by atoms with Crippen molar-refractivity contribution in [1.29, 1.82) is 0 Å². The molecule has 526 valence electrons. The Balaban J connectivity index is 0.665. The number of fused-ring (bicyclic) bond motifs is 3. The number of halogens is 4. The Hall–Kier alpha value is -4.76. The Morgan fingerprint density at radius 1 is 0.537 bits per heavy atom. The summed E-state index contributed by atoms with van der Waals surface area (Å²) in [5, 5.41) is 88.1. The van der Waals surface area contributed by atoms with Crippen LogP contribution >= 0.6 is 63.7 Å². The zero-order chi connectivity index (χ0) is 67.2. The fourth-order valence-electron chi connectivity index (χ4n) is 10.6. The van der Waals surface area contributed by atoms with Crippen molar-refractivity contribution >= 4 is 97.6 Å². The van der Waals surface area contributed by atoms with E-state index in [0.29, 0.717) is 108 Å². The van der Waals surface area contributed by atoms with E-state index in [2.05, 4.69) is 111 Å². The van der Waals surface area contributed by atoms with Crippen LogP contribution in [0, 0.1) is 29.6 Å². The molecule has 2 saturated heterocycles. The zero-order valence-electron chi connectivity index (χ0n) is 51.5. The summed E-state index contributed by atoms with van der Waals surface area (Å²) in [5.74, 6) is 9.56. The number of nitrogens with one attached hydrogen (secondary N) is 4. The lowest BCUT2D eigenvalue weighted by atomic mass is 9.99. The molecule has 0 radical (unpaired) electrons. The second-order valence-corrected chi connectivity index (χ2v) is 25.2. The van der Waals surface area contributed by atoms with Crippen molar-refractivity contribution in [3.63, 3.8) is 0 Å². The number of carbonyl (C=O) groups excluding carboxylic acids is 1. The van der Waals surface area contributed by atoms with Gasteiger partial charge in [-0.05, 0) is 106 Å². The first-order chi connectivity index (χ1) is 46.1. The fraction of sp³-hybridized carbons (Fsp3) is 0.633. The molecule has 1 amide bonds. The van der Waals surface area contributed by atoms with Crippen LogP contribution < -0.4 is 39.1 Å². The molecule has 31 nitrogen and oxygen atoms in total. The molecular weight excluding hydrogens is 1520 g/mol. The highest BCUT2D eigenvalue weighted by molar-refractivity contribution is 9.11. The maximum absolute atomic E-state index is 12.2. The third-order valence-electron chi connectivity index (χ3n) is 15.6. The summed E-state index contributed by atoms with van der Waals surface area (Å²) in [6, 6.07) is 3.49. The van der Waals surface area contributed by atoms with Crippen LogP contribution in [0.5, 0.6) is 35.0 Å². The van der Waals surface area contributed by atoms with Gasteiger partial charge in [-0.2, -0.15) is 9.97 Å². The van der Waals surface area contributed by atoms with Gasteiger partial charge in [-0.25, -0.2) is 4.79 Å². The molecule has 2 aliphatic heterocycles. The Morgan fingerprint density at radius 3 is 1.39 bits per heavy atom. The highest BCUT2D eigenvalue weighted by Gasteiger charge is 2.50. The fourth-order valence-corrected chi connectivity index (χ4v) is 13.7. The number of anilines is 1. The molecule has 2 aromatic carbocycles. The van der Waals surface area contributed by atoms with E-state index in [4.69, 9.17) is 71.1 Å². The third kappa shape index (κ3) is 20.9. The van der Waals surface area contributed by atoms with E-state index in [0.717, 1.165) is 25.7 Å². The average Bonchev–Trinajstić information content (AvgIpc) is 1.74. The molecule has 12 N–H and O–H groups in total. The number of aliphatic hydroxyl groups is 8. The number of alkyl carbamates (subject to hydrolysis) is 1. The number of aromatic amines is 2. The number of nitrogens with zero attached hydrogens (tertiary/aromatic N) is 3. The maximum atomic E-state index is 12.2. The average molecular weight is 1600 g/mol. The Kier molecular flexibility index (Phi) is 29.8. The molecule has 1 saturated carbocycles. The normalized spacial score (nSPS) is 24.8. The van der Waals surface area contributed by atoms with Gasteiger partial charge in [0.25, 0.3) is 0 Å². The number of ether oxygens (including phenoxy) is 15. The topological polar surface area (TPSA) is 412 Å². The SMILES string of the molecule is O=C(NCCOCCOCCNc1nc(OCCOCCOCCOc2c(Br)cc3[nH]cc(O[C@@H]4O[C@H](CO)[C@@H](O)[C@H](O)[C@H]4O)c3c2Br)nc(OCCOCCOCCOc2c(Br)cc3[nH]cc(O[C@@H]4O[C@H](CO)[C@@H](O)[C@H](O)[C@H]4O)c3c2Br)n1)OCC1[C@H]2CCC#CCC[C@@H]12. The molecular formula is C60H79Br4N7O24. The Bertz CT molecular complexity index is 3090. The van der Waals surface area contributed by atoms with Gasteiger partial charge in [0.15, 0.2) is 0 Å². The van der Waals surface area contributed by atoms with E-state index in [-0.39, 0.29) is 115 Å². The minimum absolute atomic E-state index is 0.0269. The molecule has 13 atom stereocenters. The molecule has 9 rings (SSSR count). The van der Waals surface area contributed by atoms with Gasteiger partial charge in [0.2, 0.25) is 18.5 Å². The number of benzene rings is 2. The lowest BCUT2D eigenvalue weighted by Gasteiger charge is -2.39. The number of aliphatic hydroxyl groups excluding tert-OH is 8. The van der Waals surface area contributed by atoms with E-state index in [1.807, 2.05) is 0 Å². The summed E-state index contributed by atoms with van der Waals surface area (Å²) in [7, 11) is 0. The number of amides is 1. The molecule has 2 aliphatic carbocycles. The van der Waals surface area contributed by atoms with Crippen molar-refractivity contribution in [3.05, 3.63) is 42.4 Å². The summed E-state index contributed by atoms with van der Waals surface area (Å²) < 4.78 is 88.6. The second-order valence-electron chi connectivity index (χ2n) is 22.0. The van der Waals surface area contributed by atoms with E-state index >= 15 is 0 Å². The molecule has 4 aliphatic rings. The van der Waals surface area contributed by atoms with Crippen LogP contribution in [0.2, 0.25) is 0 Å². The zero-order valence-corrected chi connectivity index (χ0v) is 57.8. The number of hydrogen-bond acceptors (Lipinski definition) is 28. The molecule has 0 spiro atoms. The van der Waals surface area contributed by atoms with Crippen LogP contribution in [0.25, 0.3) is 21.8 Å². The summed E-state index contributed by atoms with van der Waals surface area (Å²) >= 11 is 14.3. The highest BCUT2D eigenvalue weighted by Crippen LogP contribution is 2.52. The smallest absolute Gasteiger partial charge is 0.407 e. The number of rotatable bonds is 40. The van der Waals surface area contributed by atoms with E-state index in [1.165, 1.54) is 0 Å². The number of hydrogen-bond donors (Lipinski definition) is 12. The van der Waals surface area contributed by atoms with Crippen LogP contribution in [0.15, 0.2) is 42.4 Å². The van der Waals surface area contributed by atoms with Gasteiger partial charge in [0.1, 0.15) is 98.3 Å². The predicted octanol–water partition coefficient (Wildman–Crippen LogP) is 2.83. The van der Waals surface area contributed by atoms with Gasteiger partial charge in [0.05, 0.1) is 139 Å². The number of aromatic nitrogens is 5. The Labute approximate surface area is 579 Å². The first-order valence-electron chi connectivity index (χ1n) is 30.9. The first kappa shape index (κ1) is 74.5. The van der Waals surface area contributed by atoms with Gasteiger partial charge in [-0.3, -0.25) is 0 Å². The monoisotopic (exact) mass is 1600 g/mol. The third-order valence-corrected chi connectivity index (χ3v) is 18.3. The molecule has 0 bridgehead atoms. The minimum atomic E-state index is -1.61. The van der Waals surface area contributed by atoms with Crippen LogP contribution in [-0.4, -0.2) is 272 Å². The second kappa shape index (κ2) is 38.0. The van der Waals surface area contributed by atoms with Crippen molar-refractivity contribution in [3.8, 4) is 46.9 Å². The van der Waals surface area contributed by atoms with Crippen molar-refractivity contribution < 1.29 is 117 Å². The van der Waals surface area contributed by atoms with Gasteiger partial charge >= 0.3 is 18.1 Å². The molecule has 5 aromatic rings. The largest absolute Gasteiger partial charge is 0.489 e. The van der Waals surface area contributed by atoms with Crippen LogP contribution in [-0.2, 0) is 42.6 Å². The number of carbonyl (C=O) groups is 1. The van der Waals surface area contributed by atoms with Crippen LogP contribution in [0.1, 0.15) is 25.7 Å². The quantitative estimate of drug-likeness (QED) is 0.0198. The summed E-state index contributed by atoms with van der Waals surface area (Å²) in [4.78, 5) is 31.5. The van der Waals surface area contributed by atoms with Gasteiger partial charge < -0.3 is 133 Å². The van der Waals surface area contributed by atoms with Gasteiger partial charge in [-0.1, -0.05) is 0 Å². The first-order valence-corrected chi connectivity index (χ1v) is 34.1. The van der Waals surface area contributed by atoms with Crippen molar-refractivity contribution in [1.82, 2.24) is 30.2 Å². The number of H-pyrrole nitrogens is 2. The van der Waals surface area contributed by atoms with Crippen molar-refractivity contribution in [2.45, 2.75) is 87.1 Å². The lowest BCUT2D eigenvalue weighted by molar-refractivity contribution is -0.277. The molecule has 3 fully saturated rings. The minimum Gasteiger partial charge on any atom is -0.489 e. The van der Waals surface area contributed by atoms with Crippen molar-refractivity contribution in [2.24, 2.45) is 17.8 Å². The summed E-state index contributed by atoms with van der Waals surface area (Å²) in [5.41, 5.74) is 1.28. The highest BCUT2D eigenvalue weighted by atomic mass is 79.9. The van der Waals surface area contributed by atoms with E-state index in [9.17, 15) is 45.6 Å². The standard InChI is InChI=1S/C60H79Br4N7O24/c61-35-25-37-43(39(27-67-37)92-55-51(78)49(76)47(74)41(29-72)94-55)45(63)53(35)87-21-17-83-13-15-85-19-23-89-58-69-57(65-7-9-81-11-12-82-10-8-66-60(80)91-31-34-32-5-3-1-2-4-6-33(32)34)70-59(71-58)90-24-20-86-16-14-84-18-22-88-54-36(62)26-38-44(46(54)64)40(28-68-38)93-56-52(79)50(77)48(75)42(30-73)95-56/h25-28,32-34,41-42,47-52,55-56,67-68,72-79H,3-24,29-31H2,(H,66,80)(H,65,69,70,71)/t32-,33+,34?,41-,42-,47-,48-,49+,50+,51-,52-,55-,56-/m1/s1.